The molecule has 0 aliphatic heterocycles. The van der Waals surface area contributed by atoms with E-state index in [0.717, 1.165) is 0 Å². The van der Waals surface area contributed by atoms with Crippen LogP contribution in [0.25, 0.3) is 0 Å². The third-order valence-electron chi connectivity index (χ3n) is 1.53. The van der Waals surface area contributed by atoms with Crippen LogP contribution in [0.15, 0.2) is 18.2 Å². The molecule has 0 fully saturated rings. The van der Waals surface area contributed by atoms with Crippen molar-refractivity contribution in [3.63, 3.8) is 0 Å². The number of carbonyl (C=O) groups excluding carboxylic acids is 1. The predicted octanol–water partition coefficient (Wildman–Crippen LogP) is 1.27. The number of hydrogen-bond donors (Lipinski definition) is 1. The quantitative estimate of drug-likeness (QED) is 0.664. The first-order valence-electron chi connectivity index (χ1n) is 3.42. The fourth-order valence-electron chi connectivity index (χ4n) is 0.938. The van der Waals surface area contributed by atoms with Gasteiger partial charge in [0.2, 0.25) is 0 Å². The van der Waals surface area contributed by atoms with Crippen molar-refractivity contribution in [2.45, 2.75) is 6.42 Å². The highest BCUT2D eigenvalue weighted by molar-refractivity contribution is 5.78. The van der Waals surface area contributed by atoms with Crippen LogP contribution >= 0.6 is 0 Å². The molecular formula is C9H7NO2. The van der Waals surface area contributed by atoms with Crippen LogP contribution in [0.3, 0.4) is 0 Å². The molecule has 0 atom stereocenters. The summed E-state index contributed by atoms with van der Waals surface area (Å²) in [6.07, 6.45) is 0.820. The standard InChI is InChI=1S/C9H7NO2/c10-4-3-7-1-2-9(12)5-8(7)6-11/h1-2,5-6,12H,3H2. The molecule has 0 amide bonds. The van der Waals surface area contributed by atoms with Crippen molar-refractivity contribution < 1.29 is 9.90 Å². The summed E-state index contributed by atoms with van der Waals surface area (Å²) in [5.41, 5.74) is 1.02. The lowest BCUT2D eigenvalue weighted by molar-refractivity contribution is 0.112. The Labute approximate surface area is 69.9 Å². The number of rotatable bonds is 2. The van der Waals surface area contributed by atoms with E-state index >= 15 is 0 Å². The van der Waals surface area contributed by atoms with Gasteiger partial charge in [-0.2, -0.15) is 5.26 Å². The molecule has 0 bridgehead atoms. The molecule has 0 radical (unpaired) electrons. The fourth-order valence-corrected chi connectivity index (χ4v) is 0.938. The van der Waals surface area contributed by atoms with Crippen molar-refractivity contribution >= 4 is 6.29 Å². The minimum atomic E-state index is 0.0405. The fraction of sp³-hybridized carbons (Fsp3) is 0.111. The van der Waals surface area contributed by atoms with E-state index in [1.807, 2.05) is 6.07 Å². The summed E-state index contributed by atoms with van der Waals surface area (Å²) < 4.78 is 0. The molecule has 12 heavy (non-hydrogen) atoms. The van der Waals surface area contributed by atoms with Gasteiger partial charge in [0.25, 0.3) is 0 Å². The first kappa shape index (κ1) is 8.28. The smallest absolute Gasteiger partial charge is 0.150 e. The number of nitrogens with zero attached hydrogens (tertiary/aromatic N) is 1. The molecule has 0 unspecified atom stereocenters. The minimum Gasteiger partial charge on any atom is -0.508 e. The van der Waals surface area contributed by atoms with Gasteiger partial charge < -0.3 is 5.11 Å². The Morgan fingerprint density at radius 2 is 2.33 bits per heavy atom. The number of nitriles is 1. The zero-order chi connectivity index (χ0) is 8.97. The number of phenolic OH excluding ortho intramolecular Hbond substituents is 1. The molecule has 0 spiro atoms. The van der Waals surface area contributed by atoms with E-state index in [4.69, 9.17) is 10.4 Å². The van der Waals surface area contributed by atoms with Crippen molar-refractivity contribution in [1.29, 1.82) is 5.26 Å². The van der Waals surface area contributed by atoms with Crippen LogP contribution in [0.5, 0.6) is 5.75 Å². The molecule has 3 heteroatoms. The molecule has 3 nitrogen and oxygen atoms in total. The third kappa shape index (κ3) is 1.61. The number of aromatic hydroxyl groups is 1. The molecule has 1 N–H and O–H groups in total. The van der Waals surface area contributed by atoms with Gasteiger partial charge in [-0.15, -0.1) is 0 Å². The second-order valence-electron chi connectivity index (χ2n) is 2.34. The van der Waals surface area contributed by atoms with Crippen LogP contribution in [0, 0.1) is 11.3 Å². The Morgan fingerprint density at radius 1 is 1.58 bits per heavy atom. The summed E-state index contributed by atoms with van der Waals surface area (Å²) in [4.78, 5) is 10.4. The average molecular weight is 161 g/mol. The molecule has 1 aromatic rings. The largest absolute Gasteiger partial charge is 0.508 e. The lowest BCUT2D eigenvalue weighted by Crippen LogP contribution is -1.90. The number of carbonyl (C=O) groups is 1. The van der Waals surface area contributed by atoms with Crippen molar-refractivity contribution in [2.75, 3.05) is 0 Å². The Balaban J connectivity index is 3.12. The number of hydrogen-bond acceptors (Lipinski definition) is 3. The average Bonchev–Trinajstić information content (AvgIpc) is 2.08. The molecular weight excluding hydrogens is 154 g/mol. The molecule has 1 rings (SSSR count). The first-order chi connectivity index (χ1) is 5.77. The van der Waals surface area contributed by atoms with E-state index < -0.39 is 0 Å². The molecule has 0 aliphatic carbocycles. The van der Waals surface area contributed by atoms with Crippen LogP contribution in [-0.2, 0) is 6.42 Å². The summed E-state index contributed by atoms with van der Waals surface area (Å²) in [6.45, 7) is 0. The summed E-state index contributed by atoms with van der Waals surface area (Å²) in [7, 11) is 0. The Bertz CT molecular complexity index is 339. The zero-order valence-electron chi connectivity index (χ0n) is 6.32. The van der Waals surface area contributed by atoms with Gasteiger partial charge in [-0.3, -0.25) is 4.79 Å². The number of aldehydes is 1. The van der Waals surface area contributed by atoms with Crippen LogP contribution in [0.4, 0.5) is 0 Å². The SMILES string of the molecule is N#CCc1ccc(O)cc1C=O. The summed E-state index contributed by atoms with van der Waals surface area (Å²) in [5, 5.41) is 17.4. The Morgan fingerprint density at radius 3 is 2.92 bits per heavy atom. The van der Waals surface area contributed by atoms with E-state index in [-0.39, 0.29) is 12.2 Å². The second-order valence-corrected chi connectivity index (χ2v) is 2.34. The van der Waals surface area contributed by atoms with Gasteiger partial charge in [0.1, 0.15) is 12.0 Å². The summed E-state index contributed by atoms with van der Waals surface area (Å²) >= 11 is 0. The highest BCUT2D eigenvalue weighted by Gasteiger charge is 2.01. The Kier molecular flexibility index (Phi) is 2.44. The van der Waals surface area contributed by atoms with Crippen LogP contribution in [0.2, 0.25) is 0 Å². The summed E-state index contributed by atoms with van der Waals surface area (Å²) in [5.74, 6) is 0.0405. The van der Waals surface area contributed by atoms with Gasteiger partial charge in [-0.25, -0.2) is 0 Å². The van der Waals surface area contributed by atoms with Crippen molar-refractivity contribution in [1.82, 2.24) is 0 Å². The monoisotopic (exact) mass is 161 g/mol. The molecule has 0 saturated heterocycles. The molecule has 0 aliphatic rings. The number of phenols is 1. The highest BCUT2D eigenvalue weighted by atomic mass is 16.3. The van der Waals surface area contributed by atoms with E-state index in [2.05, 4.69) is 0 Å². The van der Waals surface area contributed by atoms with Gasteiger partial charge in [0, 0.05) is 5.56 Å². The minimum absolute atomic E-state index is 0.0405. The van der Waals surface area contributed by atoms with E-state index in [0.29, 0.717) is 17.4 Å². The van der Waals surface area contributed by atoms with Crippen LogP contribution < -0.4 is 0 Å². The molecule has 0 saturated carbocycles. The topological polar surface area (TPSA) is 61.1 Å². The lowest BCUT2D eigenvalue weighted by Gasteiger charge is -1.99. The zero-order valence-corrected chi connectivity index (χ0v) is 6.32. The van der Waals surface area contributed by atoms with Gasteiger partial charge in [-0.1, -0.05) is 6.07 Å². The Hall–Kier alpha value is -1.82. The van der Waals surface area contributed by atoms with E-state index in [1.54, 1.807) is 6.07 Å². The van der Waals surface area contributed by atoms with E-state index in [1.165, 1.54) is 12.1 Å². The highest BCUT2D eigenvalue weighted by Crippen LogP contribution is 2.14. The lowest BCUT2D eigenvalue weighted by atomic mass is 10.1. The van der Waals surface area contributed by atoms with E-state index in [9.17, 15) is 4.79 Å². The normalized spacial score (nSPS) is 8.92. The van der Waals surface area contributed by atoms with Gasteiger partial charge in [0.15, 0.2) is 0 Å². The maximum Gasteiger partial charge on any atom is 0.150 e. The van der Waals surface area contributed by atoms with Crippen molar-refractivity contribution in [3.05, 3.63) is 29.3 Å². The van der Waals surface area contributed by atoms with Crippen LogP contribution in [0.1, 0.15) is 15.9 Å². The van der Waals surface area contributed by atoms with Gasteiger partial charge in [0.05, 0.1) is 12.5 Å². The first-order valence-corrected chi connectivity index (χ1v) is 3.42. The summed E-state index contributed by atoms with van der Waals surface area (Å²) in [6, 6.07) is 6.31. The molecule has 0 heterocycles. The molecule has 0 aromatic heterocycles. The predicted molar refractivity (Wildman–Crippen MR) is 42.8 cm³/mol. The molecule has 60 valence electrons. The maximum absolute atomic E-state index is 10.4. The van der Waals surface area contributed by atoms with Gasteiger partial charge >= 0.3 is 0 Å². The van der Waals surface area contributed by atoms with Crippen molar-refractivity contribution in [2.24, 2.45) is 0 Å². The maximum atomic E-state index is 10.4. The van der Waals surface area contributed by atoms with Crippen molar-refractivity contribution in [3.8, 4) is 11.8 Å². The van der Waals surface area contributed by atoms with Gasteiger partial charge in [-0.05, 0) is 17.7 Å². The van der Waals surface area contributed by atoms with Crippen LogP contribution in [-0.4, -0.2) is 11.4 Å². The second kappa shape index (κ2) is 3.54. The molecule has 1 aromatic carbocycles. The number of benzene rings is 1. The third-order valence-corrected chi connectivity index (χ3v) is 1.53.